The van der Waals surface area contributed by atoms with Gasteiger partial charge in [0.15, 0.2) is 5.82 Å². The van der Waals surface area contributed by atoms with Crippen LogP contribution >= 0.6 is 0 Å². The van der Waals surface area contributed by atoms with Gasteiger partial charge >= 0.3 is 5.97 Å². The molecule has 3 heterocycles. The minimum absolute atomic E-state index is 0.218. The van der Waals surface area contributed by atoms with Gasteiger partial charge in [0.1, 0.15) is 17.9 Å². The number of hydrogen-bond acceptors (Lipinski definition) is 6. The predicted molar refractivity (Wildman–Crippen MR) is 168 cm³/mol. The topological polar surface area (TPSA) is 89.7 Å². The number of carbonyl (C=O) groups is 1. The van der Waals surface area contributed by atoms with Crippen molar-refractivity contribution in [2.24, 2.45) is 5.92 Å². The predicted octanol–water partition coefficient (Wildman–Crippen LogP) is 6.62. The summed E-state index contributed by atoms with van der Waals surface area (Å²) < 4.78 is 13.4. The molecule has 8 heteroatoms. The Morgan fingerprint density at radius 2 is 1.95 bits per heavy atom. The Kier molecular flexibility index (Phi) is 10.1. The highest BCUT2D eigenvalue weighted by atomic mass is 16.5. The molecule has 43 heavy (non-hydrogen) atoms. The third-order valence-electron chi connectivity index (χ3n) is 8.39. The van der Waals surface area contributed by atoms with Gasteiger partial charge in [0.05, 0.1) is 17.6 Å². The Morgan fingerprint density at radius 3 is 2.72 bits per heavy atom. The largest absolute Gasteiger partial charge is 0.489 e. The van der Waals surface area contributed by atoms with Crippen LogP contribution in [-0.4, -0.2) is 57.0 Å². The first-order valence-corrected chi connectivity index (χ1v) is 15.5. The second-order valence-corrected chi connectivity index (χ2v) is 11.9. The summed E-state index contributed by atoms with van der Waals surface area (Å²) in [6.45, 7) is 9.75. The second-order valence-electron chi connectivity index (χ2n) is 11.9. The van der Waals surface area contributed by atoms with Gasteiger partial charge in [0.25, 0.3) is 0 Å². The van der Waals surface area contributed by atoms with Crippen LogP contribution in [0.25, 0.3) is 11.4 Å². The minimum Gasteiger partial charge on any atom is -0.489 e. The van der Waals surface area contributed by atoms with Crippen LogP contribution in [-0.2, 0) is 35.5 Å². The second kappa shape index (κ2) is 14.1. The molecule has 228 valence electrons. The summed E-state index contributed by atoms with van der Waals surface area (Å²) in [5.74, 6) is 0.733. The number of hydrogen-bond donors (Lipinski definition) is 1. The maximum atomic E-state index is 11.8. The molecular formula is C35H44N4O4. The lowest BCUT2D eigenvalue weighted by molar-refractivity contribution is 0.0695. The zero-order chi connectivity index (χ0) is 30.3. The maximum absolute atomic E-state index is 11.8. The van der Waals surface area contributed by atoms with Crippen LogP contribution < -0.4 is 0 Å². The number of allylic oxidation sites excluding steroid dienone is 3. The summed E-state index contributed by atoms with van der Waals surface area (Å²) in [4.78, 5) is 19.4. The molecule has 1 aliphatic carbocycles. The molecule has 1 N–H and O–H groups in total. The highest BCUT2D eigenvalue weighted by Gasteiger charge is 2.23. The Labute approximate surface area is 255 Å². The molecule has 0 bridgehead atoms. The number of rotatable bonds is 13. The first kappa shape index (κ1) is 30.7. The van der Waals surface area contributed by atoms with Crippen molar-refractivity contribution in [2.45, 2.75) is 78.5 Å². The average Bonchev–Trinajstić information content (AvgIpc) is 3.43. The van der Waals surface area contributed by atoms with Crippen LogP contribution in [0.4, 0.5) is 0 Å². The smallest absolute Gasteiger partial charge is 0.339 e. The Balaban J connectivity index is 1.29. The Bertz CT molecular complexity index is 1490. The minimum atomic E-state index is -0.974. The molecule has 5 rings (SSSR count). The summed E-state index contributed by atoms with van der Waals surface area (Å²) in [5, 5.41) is 14.1. The molecule has 8 nitrogen and oxygen atoms in total. The van der Waals surface area contributed by atoms with E-state index < -0.39 is 5.97 Å². The first-order chi connectivity index (χ1) is 20.9. The lowest BCUT2D eigenvalue weighted by Gasteiger charge is -2.35. The first-order valence-electron chi connectivity index (χ1n) is 15.5. The van der Waals surface area contributed by atoms with Crippen LogP contribution in [0, 0.1) is 5.92 Å². The highest BCUT2D eigenvalue weighted by Crippen LogP contribution is 2.31. The van der Waals surface area contributed by atoms with Crippen LogP contribution in [0.5, 0.6) is 0 Å². The Morgan fingerprint density at radius 1 is 1.12 bits per heavy atom. The number of carboxylic acid groups (broad SMARTS) is 1. The summed E-state index contributed by atoms with van der Waals surface area (Å²) in [6, 6.07) is 13.1. The van der Waals surface area contributed by atoms with Gasteiger partial charge < -0.3 is 14.6 Å². The summed E-state index contributed by atoms with van der Waals surface area (Å²) in [6.07, 6.45) is 11.4. The molecule has 3 aromatic rings. The number of aromatic nitrogens is 3. The third-order valence-corrected chi connectivity index (χ3v) is 8.39. The van der Waals surface area contributed by atoms with E-state index in [1.54, 1.807) is 11.8 Å². The molecule has 0 fully saturated rings. The fourth-order valence-corrected chi connectivity index (χ4v) is 6.13. The summed E-state index contributed by atoms with van der Waals surface area (Å²) >= 11 is 0. The van der Waals surface area contributed by atoms with Gasteiger partial charge in [0.2, 0.25) is 0 Å². The zero-order valence-electron chi connectivity index (χ0n) is 25.9. The fraction of sp³-hybridized carbons (Fsp3) is 0.457. The SMILES string of the molecule is CCC(CCOC)N1CCc2cc(COC3=CCCC=C3c3cccc(-n4ncc(C(=O)O)c4CC(C)C)n3)ccc2C1. The van der Waals surface area contributed by atoms with Gasteiger partial charge in [-0.25, -0.2) is 14.5 Å². The number of aromatic carboxylic acids is 1. The van der Waals surface area contributed by atoms with E-state index in [9.17, 15) is 9.90 Å². The van der Waals surface area contributed by atoms with Gasteiger partial charge in [-0.15, -0.1) is 0 Å². The van der Waals surface area contributed by atoms with Crippen molar-refractivity contribution in [2.75, 3.05) is 20.3 Å². The molecule has 0 saturated carbocycles. The van der Waals surface area contributed by atoms with Crippen molar-refractivity contribution < 1.29 is 19.4 Å². The number of fused-ring (bicyclic) bond motifs is 1. The third kappa shape index (κ3) is 7.25. The maximum Gasteiger partial charge on any atom is 0.339 e. The molecule has 1 unspecified atom stereocenters. The van der Waals surface area contributed by atoms with E-state index in [1.165, 1.54) is 22.9 Å². The fourth-order valence-electron chi connectivity index (χ4n) is 6.13. The lowest BCUT2D eigenvalue weighted by Crippen LogP contribution is -2.39. The number of carboxylic acids is 1. The van der Waals surface area contributed by atoms with E-state index in [0.29, 0.717) is 30.6 Å². The van der Waals surface area contributed by atoms with E-state index in [4.69, 9.17) is 14.5 Å². The summed E-state index contributed by atoms with van der Waals surface area (Å²) in [7, 11) is 1.78. The van der Waals surface area contributed by atoms with Crippen molar-refractivity contribution in [3.63, 3.8) is 0 Å². The number of pyridine rings is 1. The number of benzene rings is 1. The van der Waals surface area contributed by atoms with E-state index in [-0.39, 0.29) is 11.5 Å². The molecule has 1 atom stereocenters. The standard InChI is InChI=1S/C35H44N4O4/c1-5-28(16-18-42-4)38-17-15-26-20-25(13-14-27(26)22-38)23-43-33-11-7-6-9-29(33)31-10-8-12-34(37-31)39-32(19-24(2)3)30(21-36-39)35(40)41/h8-14,20-21,24,28H,5-7,15-19,22-23H2,1-4H3,(H,40,41). The molecule has 0 amide bonds. The van der Waals surface area contributed by atoms with Gasteiger partial charge in [-0.2, -0.15) is 5.10 Å². The molecule has 2 aromatic heterocycles. The number of ether oxygens (including phenoxy) is 2. The summed E-state index contributed by atoms with van der Waals surface area (Å²) in [5.41, 5.74) is 6.62. The van der Waals surface area contributed by atoms with Gasteiger partial charge in [-0.3, -0.25) is 4.90 Å². The zero-order valence-corrected chi connectivity index (χ0v) is 25.9. The number of methoxy groups -OCH3 is 1. The van der Waals surface area contributed by atoms with E-state index in [0.717, 1.165) is 68.8 Å². The van der Waals surface area contributed by atoms with Crippen LogP contribution in [0.15, 0.2) is 60.5 Å². The molecule has 0 saturated heterocycles. The lowest BCUT2D eigenvalue weighted by atomic mass is 9.95. The van der Waals surface area contributed by atoms with Crippen molar-refractivity contribution in [1.82, 2.24) is 19.7 Å². The van der Waals surface area contributed by atoms with Crippen molar-refractivity contribution >= 4 is 11.5 Å². The normalized spacial score (nSPS) is 16.0. The van der Waals surface area contributed by atoms with Crippen molar-refractivity contribution in [1.29, 1.82) is 0 Å². The molecule has 2 aliphatic rings. The molecule has 1 aromatic carbocycles. The quantitative estimate of drug-likeness (QED) is 0.242. The molecular weight excluding hydrogens is 540 g/mol. The average molecular weight is 585 g/mol. The van der Waals surface area contributed by atoms with Crippen LogP contribution in [0.2, 0.25) is 0 Å². The Hall–Kier alpha value is -3.75. The molecule has 0 radical (unpaired) electrons. The van der Waals surface area contributed by atoms with Crippen LogP contribution in [0.3, 0.4) is 0 Å². The van der Waals surface area contributed by atoms with E-state index in [2.05, 4.69) is 61.1 Å². The van der Waals surface area contributed by atoms with Crippen molar-refractivity contribution in [3.8, 4) is 5.82 Å². The van der Waals surface area contributed by atoms with Gasteiger partial charge in [-0.1, -0.05) is 51.1 Å². The van der Waals surface area contributed by atoms with E-state index in [1.807, 2.05) is 18.2 Å². The van der Waals surface area contributed by atoms with Crippen molar-refractivity contribution in [3.05, 3.63) is 94.1 Å². The van der Waals surface area contributed by atoms with Gasteiger partial charge in [-0.05, 0) is 79.3 Å². The molecule has 1 aliphatic heterocycles. The van der Waals surface area contributed by atoms with Crippen LogP contribution in [0.1, 0.15) is 84.9 Å². The number of nitrogens with zero attached hydrogens (tertiary/aromatic N) is 4. The highest BCUT2D eigenvalue weighted by molar-refractivity contribution is 5.88. The van der Waals surface area contributed by atoms with E-state index >= 15 is 0 Å². The monoisotopic (exact) mass is 584 g/mol. The van der Waals surface area contributed by atoms with Gasteiger partial charge in [0, 0.05) is 38.4 Å². The molecule has 0 spiro atoms.